The highest BCUT2D eigenvalue weighted by atomic mass is 16.4. The van der Waals surface area contributed by atoms with Crippen molar-refractivity contribution >= 4 is 11.7 Å². The van der Waals surface area contributed by atoms with Crippen LogP contribution in [0, 0.1) is 0 Å². The van der Waals surface area contributed by atoms with Gasteiger partial charge in [0.1, 0.15) is 0 Å². The predicted octanol–water partition coefficient (Wildman–Crippen LogP) is 1.51. The Labute approximate surface area is 75.2 Å². The van der Waals surface area contributed by atoms with Gasteiger partial charge in [-0.3, -0.25) is 0 Å². The van der Waals surface area contributed by atoms with Gasteiger partial charge >= 0.3 is 0 Å². The third kappa shape index (κ3) is 1.46. The second-order valence-corrected chi connectivity index (χ2v) is 2.69. The Bertz CT molecular complexity index is 422. The van der Waals surface area contributed by atoms with Crippen LogP contribution in [0.15, 0.2) is 34.9 Å². The summed E-state index contributed by atoms with van der Waals surface area (Å²) in [6.07, 6.45) is 1.57. The number of nitrogens with two attached hydrogens (primary N) is 2. The fraction of sp³-hybridized carbons (Fsp3) is 0. The van der Waals surface area contributed by atoms with E-state index >= 15 is 0 Å². The van der Waals surface area contributed by atoms with Crippen LogP contribution in [0.25, 0.3) is 11.3 Å². The van der Waals surface area contributed by atoms with Gasteiger partial charge in [0.2, 0.25) is 0 Å². The van der Waals surface area contributed by atoms with Gasteiger partial charge in [-0.25, -0.2) is 4.98 Å². The first kappa shape index (κ1) is 7.67. The van der Waals surface area contributed by atoms with E-state index in [2.05, 4.69) is 4.98 Å². The van der Waals surface area contributed by atoms with E-state index in [0.29, 0.717) is 11.4 Å². The van der Waals surface area contributed by atoms with E-state index in [-0.39, 0.29) is 6.01 Å². The zero-order valence-electron chi connectivity index (χ0n) is 6.90. The number of rotatable bonds is 1. The molecule has 4 nitrogen and oxygen atoms in total. The standard InChI is InChI=1S/C9H9N3O/c10-7-3-1-2-6(4-7)8-5-12-9(11)13-8/h1-5H,10H2,(H2,11,12). The van der Waals surface area contributed by atoms with Crippen LogP contribution in [-0.2, 0) is 0 Å². The highest BCUT2D eigenvalue weighted by Crippen LogP contribution is 2.22. The molecule has 0 radical (unpaired) electrons. The molecule has 0 saturated heterocycles. The van der Waals surface area contributed by atoms with Crippen molar-refractivity contribution in [3.8, 4) is 11.3 Å². The topological polar surface area (TPSA) is 78.1 Å². The van der Waals surface area contributed by atoms with Gasteiger partial charge in [0.05, 0.1) is 6.20 Å². The number of benzene rings is 1. The lowest BCUT2D eigenvalue weighted by Gasteiger charge is -1.96. The van der Waals surface area contributed by atoms with Crippen LogP contribution in [0.3, 0.4) is 0 Å². The Hall–Kier alpha value is -1.97. The minimum Gasteiger partial charge on any atom is -0.424 e. The Morgan fingerprint density at radius 1 is 1.23 bits per heavy atom. The number of hydrogen-bond acceptors (Lipinski definition) is 4. The van der Waals surface area contributed by atoms with Crippen molar-refractivity contribution < 1.29 is 4.42 Å². The minimum atomic E-state index is 0.164. The Morgan fingerprint density at radius 3 is 2.69 bits per heavy atom. The maximum Gasteiger partial charge on any atom is 0.292 e. The highest BCUT2D eigenvalue weighted by Gasteiger charge is 2.03. The van der Waals surface area contributed by atoms with Gasteiger partial charge < -0.3 is 15.9 Å². The summed E-state index contributed by atoms with van der Waals surface area (Å²) >= 11 is 0. The van der Waals surface area contributed by atoms with Crippen LogP contribution in [0.1, 0.15) is 0 Å². The van der Waals surface area contributed by atoms with Gasteiger partial charge in [-0.2, -0.15) is 0 Å². The molecule has 4 N–H and O–H groups in total. The Balaban J connectivity index is 2.46. The van der Waals surface area contributed by atoms with Crippen LogP contribution in [0.2, 0.25) is 0 Å². The molecule has 0 unspecified atom stereocenters. The molecule has 0 bridgehead atoms. The SMILES string of the molecule is Nc1cccc(-c2cnc(N)o2)c1. The molecule has 4 heteroatoms. The number of oxazole rings is 1. The van der Waals surface area contributed by atoms with Crippen molar-refractivity contribution in [1.82, 2.24) is 4.98 Å². The largest absolute Gasteiger partial charge is 0.424 e. The van der Waals surface area contributed by atoms with E-state index in [0.717, 1.165) is 5.56 Å². The van der Waals surface area contributed by atoms with Crippen LogP contribution < -0.4 is 11.5 Å². The molecule has 0 aliphatic rings. The van der Waals surface area contributed by atoms with E-state index in [1.165, 1.54) is 0 Å². The zero-order chi connectivity index (χ0) is 9.26. The molecule has 0 saturated carbocycles. The highest BCUT2D eigenvalue weighted by molar-refractivity contribution is 5.62. The number of nitrogens with zero attached hydrogens (tertiary/aromatic N) is 1. The number of hydrogen-bond donors (Lipinski definition) is 2. The average molecular weight is 175 g/mol. The average Bonchev–Trinajstić information content (AvgIpc) is 2.52. The van der Waals surface area contributed by atoms with Crippen molar-refractivity contribution in [1.29, 1.82) is 0 Å². The summed E-state index contributed by atoms with van der Waals surface area (Å²) < 4.78 is 5.14. The molecule has 66 valence electrons. The Kier molecular flexibility index (Phi) is 1.66. The lowest BCUT2D eigenvalue weighted by Crippen LogP contribution is -1.83. The second-order valence-electron chi connectivity index (χ2n) is 2.69. The molecule has 0 amide bonds. The maximum atomic E-state index is 5.61. The molecule has 0 fully saturated rings. The quantitative estimate of drug-likeness (QED) is 0.644. The summed E-state index contributed by atoms with van der Waals surface area (Å²) in [6, 6.07) is 7.51. The molecule has 13 heavy (non-hydrogen) atoms. The molecule has 1 heterocycles. The first-order chi connectivity index (χ1) is 6.25. The second kappa shape index (κ2) is 2.82. The molecule has 0 aliphatic carbocycles. The van der Waals surface area contributed by atoms with Gasteiger partial charge in [0, 0.05) is 11.3 Å². The summed E-state index contributed by atoms with van der Waals surface area (Å²) in [5.74, 6) is 0.629. The molecular formula is C9H9N3O. The van der Waals surface area contributed by atoms with E-state index < -0.39 is 0 Å². The lowest BCUT2D eigenvalue weighted by molar-refractivity contribution is 0.595. The molecule has 0 spiro atoms. The maximum absolute atomic E-state index is 5.61. The molecule has 2 rings (SSSR count). The summed E-state index contributed by atoms with van der Waals surface area (Å²) in [6.45, 7) is 0. The van der Waals surface area contributed by atoms with Crippen molar-refractivity contribution in [2.24, 2.45) is 0 Å². The lowest BCUT2D eigenvalue weighted by atomic mass is 10.2. The Morgan fingerprint density at radius 2 is 2.08 bits per heavy atom. The molecular weight excluding hydrogens is 166 g/mol. The zero-order valence-corrected chi connectivity index (χ0v) is 6.90. The molecule has 1 aromatic carbocycles. The van der Waals surface area contributed by atoms with E-state index in [1.807, 2.05) is 18.2 Å². The van der Waals surface area contributed by atoms with Gasteiger partial charge in [0.25, 0.3) is 6.01 Å². The first-order valence-electron chi connectivity index (χ1n) is 3.83. The normalized spacial score (nSPS) is 10.2. The van der Waals surface area contributed by atoms with E-state index in [1.54, 1.807) is 12.3 Å². The molecule has 0 aliphatic heterocycles. The summed E-state index contributed by atoms with van der Waals surface area (Å²) in [4.78, 5) is 3.79. The van der Waals surface area contributed by atoms with Crippen LogP contribution >= 0.6 is 0 Å². The van der Waals surface area contributed by atoms with Crippen molar-refractivity contribution in [2.75, 3.05) is 11.5 Å². The van der Waals surface area contributed by atoms with Gasteiger partial charge in [0.15, 0.2) is 5.76 Å². The predicted molar refractivity (Wildman–Crippen MR) is 50.8 cm³/mol. The fourth-order valence-corrected chi connectivity index (χ4v) is 1.11. The minimum absolute atomic E-state index is 0.164. The number of anilines is 2. The molecule has 2 aromatic rings. The third-order valence-corrected chi connectivity index (χ3v) is 1.69. The fourth-order valence-electron chi connectivity index (χ4n) is 1.11. The first-order valence-corrected chi connectivity index (χ1v) is 3.83. The smallest absolute Gasteiger partial charge is 0.292 e. The van der Waals surface area contributed by atoms with Crippen LogP contribution in [0.4, 0.5) is 11.7 Å². The summed E-state index contributed by atoms with van der Waals surface area (Å²) in [7, 11) is 0. The van der Waals surface area contributed by atoms with Crippen molar-refractivity contribution in [2.45, 2.75) is 0 Å². The third-order valence-electron chi connectivity index (χ3n) is 1.69. The molecule has 1 aromatic heterocycles. The summed E-state index contributed by atoms with van der Waals surface area (Å²) in [5, 5.41) is 0. The van der Waals surface area contributed by atoms with Crippen LogP contribution in [0.5, 0.6) is 0 Å². The number of aromatic nitrogens is 1. The van der Waals surface area contributed by atoms with Crippen LogP contribution in [-0.4, -0.2) is 4.98 Å². The van der Waals surface area contributed by atoms with Gasteiger partial charge in [-0.15, -0.1) is 0 Å². The van der Waals surface area contributed by atoms with E-state index in [9.17, 15) is 0 Å². The monoisotopic (exact) mass is 175 g/mol. The van der Waals surface area contributed by atoms with Gasteiger partial charge in [-0.05, 0) is 12.1 Å². The summed E-state index contributed by atoms with van der Waals surface area (Å²) in [5.41, 5.74) is 12.5. The van der Waals surface area contributed by atoms with Gasteiger partial charge in [-0.1, -0.05) is 12.1 Å². The number of nitrogen functional groups attached to an aromatic ring is 2. The van der Waals surface area contributed by atoms with Crippen molar-refractivity contribution in [3.05, 3.63) is 30.5 Å². The van der Waals surface area contributed by atoms with E-state index in [4.69, 9.17) is 15.9 Å². The van der Waals surface area contributed by atoms with Crippen molar-refractivity contribution in [3.63, 3.8) is 0 Å². The molecule has 0 atom stereocenters.